The Morgan fingerprint density at radius 2 is 1.96 bits per heavy atom. The number of ether oxygens (including phenoxy) is 1. The molecule has 1 aliphatic rings. The lowest BCUT2D eigenvalue weighted by molar-refractivity contribution is -0.132. The monoisotopic (exact) mass is 320 g/mol. The lowest BCUT2D eigenvalue weighted by Gasteiger charge is -2.22. The predicted molar refractivity (Wildman–Crippen MR) is 86.2 cm³/mol. The molecule has 126 valence electrons. The Kier molecular flexibility index (Phi) is 5.26. The van der Waals surface area contributed by atoms with E-state index >= 15 is 0 Å². The number of carbonyl (C=O) groups excluding carboxylic acids is 2. The van der Waals surface area contributed by atoms with Gasteiger partial charge in [-0.1, -0.05) is 31.0 Å². The Balaban J connectivity index is 1.89. The number of carbonyl (C=O) groups is 2. The molecule has 1 heterocycles. The van der Waals surface area contributed by atoms with Crippen molar-refractivity contribution in [1.82, 2.24) is 10.2 Å². The smallest absolute Gasteiger partial charge is 0.325 e. The van der Waals surface area contributed by atoms with Crippen LogP contribution in [-0.4, -0.2) is 46.7 Å². The summed E-state index contributed by atoms with van der Waals surface area (Å²) in [6.45, 7) is 5.59. The van der Waals surface area contributed by atoms with Gasteiger partial charge in [0.05, 0.1) is 6.54 Å². The van der Waals surface area contributed by atoms with Crippen molar-refractivity contribution in [2.45, 2.75) is 45.3 Å². The molecule has 6 nitrogen and oxygen atoms in total. The largest absolute Gasteiger partial charge is 0.491 e. The van der Waals surface area contributed by atoms with Crippen LogP contribution in [0.5, 0.6) is 5.75 Å². The van der Waals surface area contributed by atoms with Crippen molar-refractivity contribution in [1.29, 1.82) is 0 Å². The number of imide groups is 1. The van der Waals surface area contributed by atoms with E-state index in [1.54, 1.807) is 6.92 Å². The Bertz CT molecular complexity index is 572. The van der Waals surface area contributed by atoms with Gasteiger partial charge in [-0.3, -0.25) is 9.69 Å². The molecule has 1 aromatic carbocycles. The molecule has 2 atom stereocenters. The summed E-state index contributed by atoms with van der Waals surface area (Å²) in [5.74, 6) is 0.349. The minimum Gasteiger partial charge on any atom is -0.491 e. The molecule has 2 N–H and O–H groups in total. The molecule has 0 aromatic heterocycles. The minimum absolute atomic E-state index is 0.0185. The molecule has 0 spiro atoms. The van der Waals surface area contributed by atoms with E-state index in [9.17, 15) is 14.7 Å². The molecule has 0 radical (unpaired) electrons. The number of nitrogens with zero attached hydrogens (tertiary/aromatic N) is 1. The SMILES string of the molecule is CCC[C@@]1(C)NC(=O)N(C[C@@H](O)COc2ccc(C)cc2)C1=O. The van der Waals surface area contributed by atoms with Gasteiger partial charge < -0.3 is 15.2 Å². The molecule has 1 aliphatic heterocycles. The van der Waals surface area contributed by atoms with Crippen LogP contribution in [0.3, 0.4) is 0 Å². The van der Waals surface area contributed by atoms with Crippen molar-refractivity contribution in [3.8, 4) is 5.75 Å². The van der Waals surface area contributed by atoms with Crippen LogP contribution >= 0.6 is 0 Å². The number of benzene rings is 1. The number of amides is 3. The third kappa shape index (κ3) is 4.01. The average molecular weight is 320 g/mol. The van der Waals surface area contributed by atoms with Gasteiger partial charge in [-0.25, -0.2) is 4.79 Å². The van der Waals surface area contributed by atoms with Crippen molar-refractivity contribution in [3.05, 3.63) is 29.8 Å². The average Bonchev–Trinajstić information content (AvgIpc) is 2.70. The Labute approximate surface area is 136 Å². The molecule has 0 bridgehead atoms. The molecule has 0 saturated carbocycles. The van der Waals surface area contributed by atoms with E-state index in [-0.39, 0.29) is 19.1 Å². The van der Waals surface area contributed by atoms with E-state index in [2.05, 4.69) is 5.32 Å². The Hall–Kier alpha value is -2.08. The van der Waals surface area contributed by atoms with Crippen molar-refractivity contribution >= 4 is 11.9 Å². The fourth-order valence-corrected chi connectivity index (χ4v) is 2.67. The first-order valence-corrected chi connectivity index (χ1v) is 7.87. The van der Waals surface area contributed by atoms with Gasteiger partial charge in [0.15, 0.2) is 0 Å². The molecule has 6 heteroatoms. The van der Waals surface area contributed by atoms with E-state index in [1.807, 2.05) is 38.1 Å². The quantitative estimate of drug-likeness (QED) is 0.752. The second kappa shape index (κ2) is 7.00. The third-order valence-corrected chi connectivity index (χ3v) is 3.95. The highest BCUT2D eigenvalue weighted by Gasteiger charge is 2.47. The first kappa shape index (κ1) is 17.3. The van der Waals surface area contributed by atoms with Gasteiger partial charge in [0.25, 0.3) is 5.91 Å². The number of aliphatic hydroxyl groups excluding tert-OH is 1. The first-order chi connectivity index (χ1) is 10.9. The van der Waals surface area contributed by atoms with Gasteiger partial charge in [-0.05, 0) is 32.4 Å². The number of rotatable bonds is 7. The molecule has 23 heavy (non-hydrogen) atoms. The molecule has 1 aromatic rings. The lowest BCUT2D eigenvalue weighted by Crippen LogP contribution is -2.44. The number of aliphatic hydroxyl groups is 1. The Morgan fingerprint density at radius 3 is 2.57 bits per heavy atom. The van der Waals surface area contributed by atoms with Crippen LogP contribution in [0, 0.1) is 6.92 Å². The number of nitrogens with one attached hydrogen (secondary N) is 1. The number of hydrogen-bond acceptors (Lipinski definition) is 4. The minimum atomic E-state index is -0.935. The molecule has 1 saturated heterocycles. The van der Waals surface area contributed by atoms with Crippen LogP contribution in [0.15, 0.2) is 24.3 Å². The maximum Gasteiger partial charge on any atom is 0.325 e. The molecule has 2 rings (SSSR count). The zero-order valence-corrected chi connectivity index (χ0v) is 13.8. The van der Waals surface area contributed by atoms with Gasteiger partial charge >= 0.3 is 6.03 Å². The van der Waals surface area contributed by atoms with E-state index in [4.69, 9.17) is 4.74 Å². The zero-order chi connectivity index (χ0) is 17.0. The molecule has 1 fully saturated rings. The fraction of sp³-hybridized carbons (Fsp3) is 0.529. The maximum atomic E-state index is 12.4. The van der Waals surface area contributed by atoms with Crippen molar-refractivity contribution in [2.24, 2.45) is 0 Å². The Morgan fingerprint density at radius 1 is 1.30 bits per heavy atom. The highest BCUT2D eigenvalue weighted by molar-refractivity contribution is 6.06. The topological polar surface area (TPSA) is 78.9 Å². The zero-order valence-electron chi connectivity index (χ0n) is 13.8. The predicted octanol–water partition coefficient (Wildman–Crippen LogP) is 1.85. The van der Waals surface area contributed by atoms with Crippen LogP contribution in [0.2, 0.25) is 0 Å². The number of aryl methyl sites for hydroxylation is 1. The molecule has 0 aliphatic carbocycles. The summed E-state index contributed by atoms with van der Waals surface area (Å²) in [6.07, 6.45) is 0.425. The van der Waals surface area contributed by atoms with Crippen LogP contribution in [0.4, 0.5) is 4.79 Å². The summed E-state index contributed by atoms with van der Waals surface area (Å²) in [4.78, 5) is 25.4. The van der Waals surface area contributed by atoms with Crippen LogP contribution < -0.4 is 10.1 Å². The lowest BCUT2D eigenvalue weighted by atomic mass is 9.96. The van der Waals surface area contributed by atoms with Crippen LogP contribution in [-0.2, 0) is 4.79 Å². The second-order valence-corrected chi connectivity index (χ2v) is 6.21. The summed E-state index contributed by atoms with van der Waals surface area (Å²) in [7, 11) is 0. The number of hydrogen-bond donors (Lipinski definition) is 2. The molecule has 3 amide bonds. The maximum absolute atomic E-state index is 12.4. The standard InChI is InChI=1S/C17H24N2O4/c1-4-9-17(3)15(21)19(16(22)18-17)10-13(20)11-23-14-7-5-12(2)6-8-14/h5-8,13,20H,4,9-11H2,1-3H3,(H,18,22)/t13-,17-/m1/s1. The summed E-state index contributed by atoms with van der Waals surface area (Å²) in [5.41, 5.74) is 0.246. The molecule has 0 unspecified atom stereocenters. The molecular formula is C17H24N2O4. The second-order valence-electron chi connectivity index (χ2n) is 6.21. The van der Waals surface area contributed by atoms with Crippen LogP contribution in [0.25, 0.3) is 0 Å². The van der Waals surface area contributed by atoms with Crippen molar-refractivity contribution in [2.75, 3.05) is 13.2 Å². The van der Waals surface area contributed by atoms with E-state index in [0.29, 0.717) is 12.2 Å². The number of β-amino-alcohol motifs (C(OH)–C–C–N with tert-alkyl or cyclic N) is 1. The summed E-state index contributed by atoms with van der Waals surface area (Å²) >= 11 is 0. The van der Waals surface area contributed by atoms with Crippen molar-refractivity contribution < 1.29 is 19.4 Å². The van der Waals surface area contributed by atoms with E-state index < -0.39 is 17.7 Å². The highest BCUT2D eigenvalue weighted by atomic mass is 16.5. The van der Waals surface area contributed by atoms with E-state index in [0.717, 1.165) is 16.9 Å². The van der Waals surface area contributed by atoms with Gasteiger partial charge in [-0.2, -0.15) is 0 Å². The van der Waals surface area contributed by atoms with Gasteiger partial charge in [0.1, 0.15) is 24.0 Å². The van der Waals surface area contributed by atoms with Gasteiger partial charge in [0.2, 0.25) is 0 Å². The van der Waals surface area contributed by atoms with Gasteiger partial charge in [-0.15, -0.1) is 0 Å². The highest BCUT2D eigenvalue weighted by Crippen LogP contribution is 2.22. The molecular weight excluding hydrogens is 296 g/mol. The van der Waals surface area contributed by atoms with Crippen LogP contribution in [0.1, 0.15) is 32.3 Å². The van der Waals surface area contributed by atoms with Crippen molar-refractivity contribution in [3.63, 3.8) is 0 Å². The summed E-state index contributed by atoms with van der Waals surface area (Å²) < 4.78 is 5.48. The third-order valence-electron chi connectivity index (χ3n) is 3.95. The normalized spacial score (nSPS) is 22.2. The summed E-state index contributed by atoms with van der Waals surface area (Å²) in [5, 5.41) is 12.8. The van der Waals surface area contributed by atoms with Gasteiger partial charge in [0, 0.05) is 0 Å². The fourth-order valence-electron chi connectivity index (χ4n) is 2.67. The number of urea groups is 1. The first-order valence-electron chi connectivity index (χ1n) is 7.87. The van der Waals surface area contributed by atoms with E-state index in [1.165, 1.54) is 0 Å². The summed E-state index contributed by atoms with van der Waals surface area (Å²) in [6, 6.07) is 6.99.